The molecule has 2 aromatic rings. The van der Waals surface area contributed by atoms with Gasteiger partial charge in [0.1, 0.15) is 11.3 Å². The van der Waals surface area contributed by atoms with Crippen molar-refractivity contribution in [1.29, 1.82) is 0 Å². The van der Waals surface area contributed by atoms with E-state index in [1.54, 1.807) is 0 Å². The highest BCUT2D eigenvalue weighted by atomic mass is 35.5. The van der Waals surface area contributed by atoms with E-state index in [4.69, 9.17) is 0 Å². The van der Waals surface area contributed by atoms with Crippen molar-refractivity contribution >= 4 is 41.8 Å². The monoisotopic (exact) mass is 401 g/mol. The zero-order valence-electron chi connectivity index (χ0n) is 14.2. The fraction of sp³-hybridized carbons (Fsp3) is 0.471. The molecule has 2 fully saturated rings. The van der Waals surface area contributed by atoms with Gasteiger partial charge in [-0.25, -0.2) is 4.39 Å². The SMILES string of the molecule is Cl.Cl.O=C(c1cc(F)cc2nccnc12)N1CCC(N2CCNCC2)C1. The van der Waals surface area contributed by atoms with Crippen LogP contribution in [0.15, 0.2) is 24.5 Å². The third kappa shape index (κ3) is 4.06. The number of carbonyl (C=O) groups is 1. The van der Waals surface area contributed by atoms with Crippen LogP contribution in [0.3, 0.4) is 0 Å². The molecule has 1 amide bonds. The van der Waals surface area contributed by atoms with Crippen LogP contribution in [0.5, 0.6) is 0 Å². The molecule has 6 nitrogen and oxygen atoms in total. The summed E-state index contributed by atoms with van der Waals surface area (Å²) in [6.07, 6.45) is 4.00. The third-order valence-corrected chi connectivity index (χ3v) is 4.89. The number of amides is 1. The third-order valence-electron chi connectivity index (χ3n) is 4.89. The summed E-state index contributed by atoms with van der Waals surface area (Å²) < 4.78 is 13.9. The van der Waals surface area contributed by atoms with E-state index in [2.05, 4.69) is 20.2 Å². The molecule has 1 atom stereocenters. The number of nitrogens with zero attached hydrogens (tertiary/aromatic N) is 4. The van der Waals surface area contributed by atoms with Gasteiger partial charge >= 0.3 is 0 Å². The Kier molecular flexibility index (Phi) is 7.11. The van der Waals surface area contributed by atoms with Gasteiger partial charge < -0.3 is 10.2 Å². The molecular weight excluding hydrogens is 380 g/mol. The Labute approximate surface area is 164 Å². The maximum atomic E-state index is 13.9. The molecule has 4 rings (SSSR count). The summed E-state index contributed by atoms with van der Waals surface area (Å²) >= 11 is 0. The highest BCUT2D eigenvalue weighted by Crippen LogP contribution is 2.22. The zero-order chi connectivity index (χ0) is 16.5. The molecule has 3 heterocycles. The Morgan fingerprint density at radius 1 is 1.12 bits per heavy atom. The van der Waals surface area contributed by atoms with E-state index in [-0.39, 0.29) is 30.7 Å². The molecule has 0 saturated carbocycles. The van der Waals surface area contributed by atoms with Gasteiger partial charge in [0, 0.05) is 63.8 Å². The first-order chi connectivity index (χ1) is 11.7. The van der Waals surface area contributed by atoms with E-state index in [1.807, 2.05) is 4.90 Å². The lowest BCUT2D eigenvalue weighted by Gasteiger charge is -2.32. The van der Waals surface area contributed by atoms with Crippen LogP contribution in [-0.4, -0.2) is 71.0 Å². The molecule has 2 aliphatic heterocycles. The standard InChI is InChI=1S/C17H20FN5O.2ClH/c18-12-9-14(16-15(10-12)20-2-3-21-16)17(24)23-6-1-13(11-23)22-7-4-19-5-8-22;;/h2-3,9-10,13,19H,1,4-8,11H2;2*1H. The Balaban J connectivity index is 0.00000121. The first-order valence-corrected chi connectivity index (χ1v) is 8.37. The number of hydrogen-bond acceptors (Lipinski definition) is 5. The average Bonchev–Trinajstić information content (AvgIpc) is 3.11. The summed E-state index contributed by atoms with van der Waals surface area (Å²) in [6, 6.07) is 2.98. The topological polar surface area (TPSA) is 61.4 Å². The molecule has 1 aromatic heterocycles. The number of fused-ring (bicyclic) bond motifs is 1. The Bertz CT molecular complexity index is 772. The number of aromatic nitrogens is 2. The van der Waals surface area contributed by atoms with Crippen molar-refractivity contribution in [2.75, 3.05) is 39.3 Å². The van der Waals surface area contributed by atoms with Crippen LogP contribution in [0.25, 0.3) is 11.0 Å². The lowest BCUT2D eigenvalue weighted by atomic mass is 10.1. The second kappa shape index (κ2) is 8.90. The van der Waals surface area contributed by atoms with Gasteiger partial charge in [-0.1, -0.05) is 0 Å². The van der Waals surface area contributed by atoms with Gasteiger partial charge in [-0.3, -0.25) is 19.7 Å². The molecule has 0 aliphatic carbocycles. The maximum Gasteiger partial charge on any atom is 0.256 e. The fourth-order valence-corrected chi connectivity index (χ4v) is 3.65. The predicted molar refractivity (Wildman–Crippen MR) is 103 cm³/mol. The van der Waals surface area contributed by atoms with Crippen LogP contribution in [0.4, 0.5) is 4.39 Å². The van der Waals surface area contributed by atoms with Gasteiger partial charge in [0.2, 0.25) is 0 Å². The molecule has 1 aromatic carbocycles. The number of carbonyl (C=O) groups excluding carboxylic acids is 1. The largest absolute Gasteiger partial charge is 0.337 e. The molecule has 9 heteroatoms. The zero-order valence-corrected chi connectivity index (χ0v) is 15.9. The Hall–Kier alpha value is -1.54. The molecule has 0 bridgehead atoms. The first-order valence-electron chi connectivity index (χ1n) is 8.37. The molecule has 26 heavy (non-hydrogen) atoms. The van der Waals surface area contributed by atoms with Crippen LogP contribution in [0.1, 0.15) is 16.8 Å². The van der Waals surface area contributed by atoms with E-state index >= 15 is 0 Å². The molecule has 1 N–H and O–H groups in total. The van der Waals surface area contributed by atoms with Crippen molar-refractivity contribution in [3.8, 4) is 0 Å². The summed E-state index contributed by atoms with van der Waals surface area (Å²) in [5, 5.41) is 3.35. The lowest BCUT2D eigenvalue weighted by Crippen LogP contribution is -2.49. The molecule has 1 unspecified atom stereocenters. The van der Waals surface area contributed by atoms with Crippen molar-refractivity contribution in [2.24, 2.45) is 0 Å². The van der Waals surface area contributed by atoms with Gasteiger partial charge in [0.15, 0.2) is 0 Å². The van der Waals surface area contributed by atoms with Gasteiger partial charge in [0.05, 0.1) is 11.1 Å². The van der Waals surface area contributed by atoms with Gasteiger partial charge in [-0.2, -0.15) is 0 Å². The van der Waals surface area contributed by atoms with Crippen LogP contribution < -0.4 is 5.32 Å². The number of hydrogen-bond donors (Lipinski definition) is 1. The van der Waals surface area contributed by atoms with Crippen molar-refractivity contribution in [2.45, 2.75) is 12.5 Å². The van der Waals surface area contributed by atoms with Gasteiger partial charge in [-0.15, -0.1) is 24.8 Å². The Morgan fingerprint density at radius 2 is 1.85 bits per heavy atom. The molecule has 2 saturated heterocycles. The van der Waals surface area contributed by atoms with Gasteiger partial charge in [0.25, 0.3) is 5.91 Å². The van der Waals surface area contributed by atoms with Crippen molar-refractivity contribution in [3.05, 3.63) is 35.9 Å². The second-order valence-corrected chi connectivity index (χ2v) is 6.36. The minimum Gasteiger partial charge on any atom is -0.337 e. The minimum absolute atomic E-state index is 0. The molecule has 0 radical (unpaired) electrons. The van der Waals surface area contributed by atoms with Crippen LogP contribution in [-0.2, 0) is 0 Å². The molecule has 0 spiro atoms. The number of piperazine rings is 1. The van der Waals surface area contributed by atoms with Crippen LogP contribution in [0.2, 0.25) is 0 Å². The number of nitrogens with one attached hydrogen (secondary N) is 1. The maximum absolute atomic E-state index is 13.9. The van der Waals surface area contributed by atoms with E-state index < -0.39 is 5.82 Å². The highest BCUT2D eigenvalue weighted by molar-refractivity contribution is 6.04. The van der Waals surface area contributed by atoms with E-state index in [1.165, 1.54) is 24.5 Å². The fourth-order valence-electron chi connectivity index (χ4n) is 3.65. The summed E-state index contributed by atoms with van der Waals surface area (Å²) in [4.78, 5) is 25.5. The minimum atomic E-state index is -0.454. The summed E-state index contributed by atoms with van der Waals surface area (Å²) in [5.74, 6) is -0.609. The van der Waals surface area contributed by atoms with Crippen molar-refractivity contribution in [1.82, 2.24) is 25.1 Å². The summed E-state index contributed by atoms with van der Waals surface area (Å²) in [6.45, 7) is 5.41. The van der Waals surface area contributed by atoms with Crippen molar-refractivity contribution < 1.29 is 9.18 Å². The van der Waals surface area contributed by atoms with Gasteiger partial charge in [-0.05, 0) is 12.5 Å². The van der Waals surface area contributed by atoms with E-state index in [0.717, 1.165) is 32.6 Å². The Morgan fingerprint density at radius 3 is 2.62 bits per heavy atom. The molecule has 142 valence electrons. The summed E-state index contributed by atoms with van der Waals surface area (Å²) in [5.41, 5.74) is 1.19. The predicted octanol–water partition coefficient (Wildman–Crippen LogP) is 1.73. The second-order valence-electron chi connectivity index (χ2n) is 6.36. The number of halogens is 3. The normalized spacial score (nSPS) is 20.5. The van der Waals surface area contributed by atoms with Crippen LogP contribution in [0, 0.1) is 5.82 Å². The molecule has 2 aliphatic rings. The lowest BCUT2D eigenvalue weighted by molar-refractivity contribution is 0.0774. The molecular formula is C17H22Cl2FN5O. The quantitative estimate of drug-likeness (QED) is 0.829. The van der Waals surface area contributed by atoms with Crippen molar-refractivity contribution in [3.63, 3.8) is 0 Å². The van der Waals surface area contributed by atoms with E-state index in [9.17, 15) is 9.18 Å². The number of likely N-dealkylation sites (tertiary alicyclic amines) is 1. The number of benzene rings is 1. The number of rotatable bonds is 2. The average molecular weight is 402 g/mol. The highest BCUT2D eigenvalue weighted by Gasteiger charge is 2.32. The summed E-state index contributed by atoms with van der Waals surface area (Å²) in [7, 11) is 0. The first kappa shape index (κ1) is 20.8. The van der Waals surface area contributed by atoms with E-state index in [0.29, 0.717) is 35.7 Å². The smallest absolute Gasteiger partial charge is 0.256 e. The van der Waals surface area contributed by atoms with Crippen LogP contribution >= 0.6 is 24.8 Å².